The molecule has 82 valence electrons. The number of rotatable bonds is 3. The fraction of sp³-hybridized carbons (Fsp3) is 0.250. The van der Waals surface area contributed by atoms with Crippen LogP contribution in [-0.4, -0.2) is 17.3 Å². The summed E-state index contributed by atoms with van der Waals surface area (Å²) < 4.78 is 29.6. The van der Waals surface area contributed by atoms with E-state index in [1.807, 2.05) is 0 Å². The van der Waals surface area contributed by atoms with Gasteiger partial charge < -0.3 is 10.5 Å². The number of methoxy groups -OCH3 is 1. The van der Waals surface area contributed by atoms with Gasteiger partial charge in [0.2, 0.25) is 0 Å². The molecular weight excluding hydrogens is 230 g/mol. The second kappa shape index (κ2) is 4.39. The molecule has 0 aliphatic heterocycles. The summed E-state index contributed by atoms with van der Waals surface area (Å²) >= 11 is 5.13. The topological polar surface area (TPSA) is 65.2 Å². The van der Waals surface area contributed by atoms with E-state index in [2.05, 4.69) is 4.98 Å². The molecular formula is C8H7ClF2N2O2. The van der Waals surface area contributed by atoms with Crippen molar-refractivity contribution < 1.29 is 18.3 Å². The van der Waals surface area contributed by atoms with Crippen LogP contribution in [0.2, 0.25) is 0 Å². The minimum absolute atomic E-state index is 0.0309. The molecule has 0 bridgehead atoms. The zero-order valence-corrected chi connectivity index (χ0v) is 8.39. The first-order valence-corrected chi connectivity index (χ1v) is 4.17. The van der Waals surface area contributed by atoms with Crippen molar-refractivity contribution in [2.24, 2.45) is 0 Å². The van der Waals surface area contributed by atoms with E-state index in [1.54, 1.807) is 0 Å². The number of alkyl halides is 2. The molecule has 4 nitrogen and oxygen atoms in total. The lowest BCUT2D eigenvalue weighted by Gasteiger charge is -2.09. The molecule has 0 spiro atoms. The zero-order valence-electron chi connectivity index (χ0n) is 7.63. The van der Waals surface area contributed by atoms with E-state index in [9.17, 15) is 13.6 Å². The van der Waals surface area contributed by atoms with Crippen molar-refractivity contribution in [1.29, 1.82) is 0 Å². The van der Waals surface area contributed by atoms with Crippen LogP contribution < -0.4 is 10.5 Å². The van der Waals surface area contributed by atoms with Gasteiger partial charge in [-0.15, -0.1) is 0 Å². The largest absolute Gasteiger partial charge is 0.493 e. The second-order valence-electron chi connectivity index (χ2n) is 2.58. The average Bonchev–Trinajstić information content (AvgIpc) is 2.16. The Balaban J connectivity index is 3.39. The van der Waals surface area contributed by atoms with Gasteiger partial charge in [0.1, 0.15) is 5.69 Å². The number of ether oxygens (including phenoxy) is 1. The summed E-state index contributed by atoms with van der Waals surface area (Å²) in [5, 5.41) is -1.03. The van der Waals surface area contributed by atoms with Crippen LogP contribution >= 0.6 is 11.6 Å². The molecule has 0 fully saturated rings. The lowest BCUT2D eigenvalue weighted by Crippen LogP contribution is -2.06. The van der Waals surface area contributed by atoms with Gasteiger partial charge in [0.25, 0.3) is 11.7 Å². The number of hydrogen-bond acceptors (Lipinski definition) is 4. The second-order valence-corrected chi connectivity index (χ2v) is 2.93. The van der Waals surface area contributed by atoms with Crippen LogP contribution in [-0.2, 0) is 0 Å². The van der Waals surface area contributed by atoms with Crippen LogP contribution in [0.4, 0.5) is 14.6 Å². The van der Waals surface area contributed by atoms with Crippen molar-refractivity contribution in [3.05, 3.63) is 17.3 Å². The monoisotopic (exact) mass is 236 g/mol. The Bertz CT molecular complexity index is 398. The highest BCUT2D eigenvalue weighted by Gasteiger charge is 2.21. The van der Waals surface area contributed by atoms with Crippen molar-refractivity contribution in [2.45, 2.75) is 6.43 Å². The smallest absolute Gasteiger partial charge is 0.281 e. The van der Waals surface area contributed by atoms with Gasteiger partial charge in [-0.25, -0.2) is 13.8 Å². The Morgan fingerprint density at radius 1 is 1.67 bits per heavy atom. The summed E-state index contributed by atoms with van der Waals surface area (Å²) in [7, 11) is 1.28. The van der Waals surface area contributed by atoms with Crippen molar-refractivity contribution in [1.82, 2.24) is 4.98 Å². The third kappa shape index (κ3) is 2.33. The quantitative estimate of drug-likeness (QED) is 0.815. The van der Waals surface area contributed by atoms with E-state index in [4.69, 9.17) is 22.1 Å². The van der Waals surface area contributed by atoms with E-state index >= 15 is 0 Å². The maximum Gasteiger partial charge on any atom is 0.281 e. The number of nitrogens with two attached hydrogens (primary N) is 1. The van der Waals surface area contributed by atoms with E-state index in [1.165, 1.54) is 7.11 Å². The van der Waals surface area contributed by atoms with Crippen LogP contribution in [0, 0.1) is 0 Å². The molecule has 7 heteroatoms. The fourth-order valence-electron chi connectivity index (χ4n) is 1.01. The Labute approximate surface area is 89.0 Å². The molecule has 15 heavy (non-hydrogen) atoms. The number of hydrogen-bond donors (Lipinski definition) is 1. The van der Waals surface area contributed by atoms with E-state index in [0.717, 1.165) is 6.07 Å². The standard InChI is InChI=1S/C8H7ClF2N2O2/c1-15-4-2-3(6(9)14)5(7(10)11)13-8(4)12/h2,7H,1H3,(H2,12,13). The van der Waals surface area contributed by atoms with Crippen LogP contribution in [0.15, 0.2) is 6.07 Å². The average molecular weight is 237 g/mol. The molecule has 0 aliphatic rings. The molecule has 1 aromatic rings. The summed E-state index contributed by atoms with van der Waals surface area (Å²) in [5.41, 5.74) is 4.17. The Morgan fingerprint density at radius 2 is 2.27 bits per heavy atom. The van der Waals surface area contributed by atoms with Gasteiger partial charge >= 0.3 is 0 Å². The highest BCUT2D eigenvalue weighted by molar-refractivity contribution is 6.67. The van der Waals surface area contributed by atoms with Crippen LogP contribution in [0.25, 0.3) is 0 Å². The van der Waals surface area contributed by atoms with Gasteiger partial charge in [-0.3, -0.25) is 4.79 Å². The SMILES string of the molecule is COc1cc(C(=O)Cl)c(C(F)F)nc1N. The van der Waals surface area contributed by atoms with Crippen molar-refractivity contribution in [3.8, 4) is 5.75 Å². The number of carbonyl (C=O) groups excluding carboxylic acids is 1. The van der Waals surface area contributed by atoms with Crippen LogP contribution in [0.1, 0.15) is 22.5 Å². The Morgan fingerprint density at radius 3 is 2.67 bits per heavy atom. The number of pyridine rings is 1. The normalized spacial score (nSPS) is 10.5. The number of aromatic nitrogens is 1. The summed E-state index contributed by atoms with van der Waals surface area (Å²) in [4.78, 5) is 14.2. The van der Waals surface area contributed by atoms with Crippen molar-refractivity contribution in [3.63, 3.8) is 0 Å². The van der Waals surface area contributed by atoms with Crippen LogP contribution in [0.3, 0.4) is 0 Å². The van der Waals surface area contributed by atoms with Gasteiger partial charge in [0, 0.05) is 0 Å². The third-order valence-corrected chi connectivity index (χ3v) is 1.89. The highest BCUT2D eigenvalue weighted by Crippen LogP contribution is 2.29. The number of nitrogen functional groups attached to an aromatic ring is 1. The molecule has 1 aromatic heterocycles. The predicted octanol–water partition coefficient (Wildman–Crippen LogP) is 1.99. The first kappa shape index (κ1) is 11.6. The van der Waals surface area contributed by atoms with Gasteiger partial charge in [0.05, 0.1) is 12.7 Å². The number of anilines is 1. The first-order chi connectivity index (χ1) is 6.97. The maximum atomic E-state index is 12.4. The molecule has 2 N–H and O–H groups in total. The molecule has 1 heterocycles. The molecule has 0 unspecified atom stereocenters. The summed E-state index contributed by atoms with van der Waals surface area (Å²) in [6.07, 6.45) is -2.92. The van der Waals surface area contributed by atoms with E-state index in [-0.39, 0.29) is 11.6 Å². The minimum atomic E-state index is -2.92. The van der Waals surface area contributed by atoms with E-state index < -0.39 is 22.9 Å². The molecule has 0 aromatic carbocycles. The maximum absolute atomic E-state index is 12.4. The van der Waals surface area contributed by atoms with Gasteiger partial charge in [-0.2, -0.15) is 0 Å². The molecule has 0 amide bonds. The summed E-state index contributed by atoms with van der Waals surface area (Å²) in [5.74, 6) is -0.183. The number of nitrogens with zero attached hydrogens (tertiary/aromatic N) is 1. The van der Waals surface area contributed by atoms with Gasteiger partial charge in [0.15, 0.2) is 11.6 Å². The van der Waals surface area contributed by atoms with Gasteiger partial charge in [-0.1, -0.05) is 0 Å². The lowest BCUT2D eigenvalue weighted by molar-refractivity contribution is 0.106. The van der Waals surface area contributed by atoms with Crippen molar-refractivity contribution >= 4 is 22.7 Å². The Hall–Kier alpha value is -1.43. The number of halogens is 3. The molecule has 1 rings (SSSR count). The molecule has 0 aliphatic carbocycles. The molecule has 0 saturated carbocycles. The first-order valence-electron chi connectivity index (χ1n) is 3.79. The predicted molar refractivity (Wildman–Crippen MR) is 50.3 cm³/mol. The number of carbonyl (C=O) groups is 1. The Kier molecular flexibility index (Phi) is 3.41. The lowest BCUT2D eigenvalue weighted by atomic mass is 10.2. The molecule has 0 radical (unpaired) electrons. The summed E-state index contributed by atoms with van der Waals surface area (Å²) in [6.45, 7) is 0. The van der Waals surface area contributed by atoms with E-state index in [0.29, 0.717) is 0 Å². The fourth-order valence-corrected chi connectivity index (χ4v) is 1.16. The van der Waals surface area contributed by atoms with Gasteiger partial charge in [-0.05, 0) is 17.7 Å². The highest BCUT2D eigenvalue weighted by atomic mass is 35.5. The van der Waals surface area contributed by atoms with Crippen molar-refractivity contribution in [2.75, 3.05) is 12.8 Å². The minimum Gasteiger partial charge on any atom is -0.493 e. The third-order valence-electron chi connectivity index (χ3n) is 1.68. The summed E-state index contributed by atoms with van der Waals surface area (Å²) in [6, 6.07) is 1.04. The van der Waals surface area contributed by atoms with Crippen LogP contribution in [0.5, 0.6) is 5.75 Å². The molecule has 0 atom stereocenters. The molecule has 0 saturated heterocycles. The zero-order chi connectivity index (χ0) is 11.6.